The van der Waals surface area contributed by atoms with E-state index >= 15 is 0 Å². The number of ether oxygens (including phenoxy) is 2. The van der Waals surface area contributed by atoms with Crippen LogP contribution in [0.25, 0.3) is 0 Å². The lowest BCUT2D eigenvalue weighted by Gasteiger charge is -2.36. The summed E-state index contributed by atoms with van der Waals surface area (Å²) in [5, 5.41) is 0. The topological polar surface area (TPSA) is 38.8 Å². The Balaban J connectivity index is 2.09. The first-order chi connectivity index (χ1) is 8.00. The van der Waals surface area contributed by atoms with Gasteiger partial charge in [-0.1, -0.05) is 13.8 Å². The van der Waals surface area contributed by atoms with Gasteiger partial charge in [-0.05, 0) is 34.1 Å². The number of nitrogens with zero attached hydrogens (tertiary/aromatic N) is 1. The molecule has 98 valence electrons. The van der Waals surface area contributed by atoms with E-state index in [9.17, 15) is 4.79 Å². The van der Waals surface area contributed by atoms with Crippen molar-refractivity contribution in [1.82, 2.24) is 4.90 Å². The molecule has 4 nitrogen and oxygen atoms in total. The molecule has 1 amide bonds. The summed E-state index contributed by atoms with van der Waals surface area (Å²) in [5.41, 5.74) is -1.27. The van der Waals surface area contributed by atoms with Gasteiger partial charge in [0.2, 0.25) is 0 Å². The van der Waals surface area contributed by atoms with E-state index in [-0.39, 0.29) is 29.5 Å². The van der Waals surface area contributed by atoms with Crippen LogP contribution in [0.2, 0.25) is 0 Å². The fraction of sp³-hybridized carbons (Fsp3) is 0.923. The Bertz CT molecular complexity index is 362. The number of hydrogen-bond donors (Lipinski definition) is 0. The normalized spacial score (nSPS) is 37.5. The lowest BCUT2D eigenvalue weighted by atomic mass is 10.0. The molecule has 0 spiro atoms. The van der Waals surface area contributed by atoms with Crippen LogP contribution in [0.3, 0.4) is 0 Å². The smallest absolute Gasteiger partial charge is 0.412 e. The maximum Gasteiger partial charge on any atom is 0.412 e. The largest absolute Gasteiger partial charge is 0.445 e. The number of amides is 1. The first-order valence-corrected chi connectivity index (χ1v) is 6.07. The second-order valence-corrected chi connectivity index (χ2v) is 6.68. The molecular formula is C13H23NO3. The van der Waals surface area contributed by atoms with Crippen molar-refractivity contribution < 1.29 is 15.6 Å². The summed E-state index contributed by atoms with van der Waals surface area (Å²) in [6.07, 6.45) is -1.01. The molecule has 0 aromatic rings. The molecule has 1 heterocycles. The SMILES string of the molecule is [2H][C@H]1[C@H](OC(=O)N2C(C)(C)COC2(C)C)C1(C)C. The standard InChI is InChI=1S/C13H23NO3/c1-11(2)7-9(11)17-10(15)14-12(3,4)8-16-13(14,5)6/h9H,7-8H2,1-6H3/t9-/m0/s1/i7D/t7-,9-. The van der Waals surface area contributed by atoms with E-state index in [1.54, 1.807) is 4.90 Å². The Morgan fingerprint density at radius 1 is 1.35 bits per heavy atom. The summed E-state index contributed by atoms with van der Waals surface area (Å²) in [6.45, 7) is 12.0. The van der Waals surface area contributed by atoms with E-state index in [1.807, 2.05) is 41.5 Å². The minimum Gasteiger partial charge on any atom is -0.445 e. The molecule has 0 radical (unpaired) electrons. The summed E-state index contributed by atoms with van der Waals surface area (Å²) >= 11 is 0. The van der Waals surface area contributed by atoms with E-state index in [4.69, 9.17) is 10.8 Å². The van der Waals surface area contributed by atoms with E-state index < -0.39 is 5.72 Å². The molecule has 0 aromatic carbocycles. The van der Waals surface area contributed by atoms with Gasteiger partial charge in [-0.3, -0.25) is 4.90 Å². The predicted molar refractivity (Wildman–Crippen MR) is 64.6 cm³/mol. The van der Waals surface area contributed by atoms with E-state index in [0.717, 1.165) is 0 Å². The molecule has 1 aliphatic carbocycles. The quantitative estimate of drug-likeness (QED) is 0.709. The highest BCUT2D eigenvalue weighted by Gasteiger charge is 2.54. The van der Waals surface area contributed by atoms with E-state index in [0.29, 0.717) is 6.61 Å². The first-order valence-electron chi connectivity index (χ1n) is 6.65. The molecule has 1 saturated carbocycles. The molecule has 17 heavy (non-hydrogen) atoms. The molecule has 2 rings (SSSR count). The molecule has 0 N–H and O–H groups in total. The summed E-state index contributed by atoms with van der Waals surface area (Å²) in [7, 11) is 0. The number of rotatable bonds is 1. The molecule has 0 unspecified atom stereocenters. The zero-order valence-electron chi connectivity index (χ0n) is 12.5. The third kappa shape index (κ3) is 2.15. The Labute approximate surface area is 105 Å². The average molecular weight is 242 g/mol. The van der Waals surface area contributed by atoms with Crippen LogP contribution in [-0.2, 0) is 9.47 Å². The van der Waals surface area contributed by atoms with Crippen LogP contribution in [0, 0.1) is 5.41 Å². The van der Waals surface area contributed by atoms with Gasteiger partial charge in [0.25, 0.3) is 0 Å². The van der Waals surface area contributed by atoms with Crippen LogP contribution in [0.5, 0.6) is 0 Å². The van der Waals surface area contributed by atoms with Crippen molar-refractivity contribution in [2.75, 3.05) is 6.61 Å². The van der Waals surface area contributed by atoms with Crippen LogP contribution < -0.4 is 0 Å². The van der Waals surface area contributed by atoms with Gasteiger partial charge in [0.15, 0.2) is 0 Å². The van der Waals surface area contributed by atoms with Crippen molar-refractivity contribution in [2.45, 2.75) is 65.3 Å². The number of carbonyl (C=O) groups excluding carboxylic acids is 1. The monoisotopic (exact) mass is 242 g/mol. The highest BCUT2D eigenvalue weighted by Crippen LogP contribution is 2.48. The highest BCUT2D eigenvalue weighted by molar-refractivity contribution is 5.70. The van der Waals surface area contributed by atoms with Gasteiger partial charge in [-0.15, -0.1) is 0 Å². The molecule has 2 aliphatic rings. The van der Waals surface area contributed by atoms with E-state index in [1.165, 1.54) is 0 Å². The van der Waals surface area contributed by atoms with Crippen molar-refractivity contribution in [3.05, 3.63) is 0 Å². The predicted octanol–water partition coefficient (Wildman–Crippen LogP) is 2.77. The van der Waals surface area contributed by atoms with Gasteiger partial charge < -0.3 is 9.47 Å². The van der Waals surface area contributed by atoms with Crippen molar-refractivity contribution in [3.63, 3.8) is 0 Å². The van der Waals surface area contributed by atoms with Crippen molar-refractivity contribution >= 4 is 6.09 Å². The third-order valence-electron chi connectivity index (χ3n) is 3.54. The Kier molecular flexibility index (Phi) is 2.25. The van der Waals surface area contributed by atoms with Gasteiger partial charge in [0.1, 0.15) is 11.8 Å². The zero-order chi connectivity index (χ0) is 13.9. The minimum absolute atomic E-state index is 0.232. The summed E-state index contributed by atoms with van der Waals surface area (Å²) < 4.78 is 18.9. The van der Waals surface area contributed by atoms with Gasteiger partial charge in [0.05, 0.1) is 12.1 Å². The van der Waals surface area contributed by atoms with Crippen LogP contribution in [-0.4, -0.2) is 35.0 Å². The summed E-state index contributed by atoms with van der Waals surface area (Å²) in [6, 6.07) is 0. The molecular weight excluding hydrogens is 218 g/mol. The number of carbonyl (C=O) groups is 1. The molecule has 0 bridgehead atoms. The number of hydrogen-bond acceptors (Lipinski definition) is 3. The molecule has 0 aromatic heterocycles. The molecule has 2 fully saturated rings. The van der Waals surface area contributed by atoms with Crippen molar-refractivity contribution in [3.8, 4) is 0 Å². The van der Waals surface area contributed by atoms with Gasteiger partial charge in [0, 0.05) is 6.79 Å². The fourth-order valence-corrected chi connectivity index (χ4v) is 2.37. The van der Waals surface area contributed by atoms with Crippen LogP contribution in [0.4, 0.5) is 4.79 Å². The average Bonchev–Trinajstić information content (AvgIpc) is 2.54. The Morgan fingerprint density at radius 3 is 2.24 bits per heavy atom. The summed E-state index contributed by atoms with van der Waals surface area (Å²) in [5.74, 6) is 0. The van der Waals surface area contributed by atoms with Gasteiger partial charge in [-0.2, -0.15) is 0 Å². The van der Waals surface area contributed by atoms with Crippen molar-refractivity contribution in [2.24, 2.45) is 5.41 Å². The minimum atomic E-state index is -0.656. The zero-order valence-corrected chi connectivity index (χ0v) is 11.5. The fourth-order valence-electron chi connectivity index (χ4n) is 2.37. The highest BCUT2D eigenvalue weighted by atomic mass is 16.6. The van der Waals surface area contributed by atoms with Gasteiger partial charge in [-0.25, -0.2) is 4.79 Å². The first kappa shape index (κ1) is 11.3. The lowest BCUT2D eigenvalue weighted by Crippen LogP contribution is -2.53. The molecule has 2 atom stereocenters. The van der Waals surface area contributed by atoms with Crippen molar-refractivity contribution in [1.29, 1.82) is 0 Å². The molecule has 1 saturated heterocycles. The second-order valence-electron chi connectivity index (χ2n) is 6.68. The summed E-state index contributed by atoms with van der Waals surface area (Å²) in [4.78, 5) is 13.9. The Morgan fingerprint density at radius 2 is 1.88 bits per heavy atom. The third-order valence-corrected chi connectivity index (χ3v) is 3.54. The maximum absolute atomic E-state index is 12.3. The Hall–Kier alpha value is -0.770. The maximum atomic E-state index is 12.3. The van der Waals surface area contributed by atoms with Gasteiger partial charge >= 0.3 is 6.09 Å². The molecule has 4 heteroatoms. The van der Waals surface area contributed by atoms with Crippen LogP contribution in [0.15, 0.2) is 0 Å². The lowest BCUT2D eigenvalue weighted by molar-refractivity contribution is -0.0544. The second kappa shape index (κ2) is 3.37. The van der Waals surface area contributed by atoms with E-state index in [2.05, 4.69) is 0 Å². The van der Waals surface area contributed by atoms with Crippen LogP contribution in [0.1, 0.15) is 49.3 Å². The molecule has 1 aliphatic heterocycles. The van der Waals surface area contributed by atoms with Crippen LogP contribution >= 0.6 is 0 Å².